The van der Waals surface area contributed by atoms with Crippen LogP contribution in [0.15, 0.2) is 139 Å². The monoisotopic (exact) mass is 658 g/mol. The molecule has 0 spiro atoms. The zero-order valence-electron chi connectivity index (χ0n) is 23.7. The van der Waals surface area contributed by atoms with Crippen LogP contribution >= 0.6 is 0 Å². The summed E-state index contributed by atoms with van der Waals surface area (Å²) in [6.07, 6.45) is 10.8. The van der Waals surface area contributed by atoms with E-state index in [1.807, 2.05) is 6.08 Å². The van der Waals surface area contributed by atoms with Crippen molar-refractivity contribution in [3.63, 3.8) is 0 Å². The van der Waals surface area contributed by atoms with Gasteiger partial charge in [-0.2, -0.15) is 23.8 Å². The molecule has 0 bridgehead atoms. The van der Waals surface area contributed by atoms with Crippen molar-refractivity contribution < 1.29 is 49.0 Å². The summed E-state index contributed by atoms with van der Waals surface area (Å²) in [4.78, 5) is 0. The second kappa shape index (κ2) is 14.3. The molecule has 2 aliphatic carbocycles. The first-order chi connectivity index (χ1) is 19.6. The van der Waals surface area contributed by atoms with Crippen LogP contribution in [0.5, 0.6) is 0 Å². The molecule has 0 nitrogen and oxygen atoms in total. The van der Waals surface area contributed by atoms with Gasteiger partial charge in [0.2, 0.25) is 0 Å². The molecule has 0 N–H and O–H groups in total. The van der Waals surface area contributed by atoms with Crippen molar-refractivity contribution in [2.75, 3.05) is 0 Å². The summed E-state index contributed by atoms with van der Waals surface area (Å²) in [7, 11) is 0. The van der Waals surface area contributed by atoms with E-state index in [0.29, 0.717) is 0 Å². The molecule has 42 heavy (non-hydrogen) atoms. The predicted molar refractivity (Wildman–Crippen MR) is 170 cm³/mol. The average Bonchev–Trinajstić information content (AvgIpc) is 3.64. The van der Waals surface area contributed by atoms with Gasteiger partial charge in [0.25, 0.3) is 0 Å². The van der Waals surface area contributed by atoms with Gasteiger partial charge in [0.05, 0.1) is 0 Å². The molecular weight excluding hydrogens is 631 g/mol. The maximum absolute atomic E-state index is 3.31. The van der Waals surface area contributed by atoms with E-state index >= 15 is 0 Å². The Morgan fingerprint density at radius 1 is 0.714 bits per heavy atom. The van der Waals surface area contributed by atoms with E-state index in [1.54, 1.807) is 24.2 Å². The van der Waals surface area contributed by atoms with Crippen LogP contribution in [0.3, 0.4) is 0 Å². The third kappa shape index (κ3) is 6.71. The first-order valence-electron chi connectivity index (χ1n) is 13.8. The van der Waals surface area contributed by atoms with Gasteiger partial charge in [-0.1, -0.05) is 114 Å². The summed E-state index contributed by atoms with van der Waals surface area (Å²) in [5.41, 5.74) is 8.04. The summed E-state index contributed by atoms with van der Waals surface area (Å²) in [6.45, 7) is 4.25. The van der Waals surface area contributed by atoms with E-state index in [9.17, 15) is 0 Å². The molecule has 6 aromatic rings. The number of hydrogen-bond donors (Lipinski definition) is 0. The zero-order chi connectivity index (χ0) is 27.5. The number of hydrogen-bond acceptors (Lipinski definition) is 0. The molecule has 0 fully saturated rings. The van der Waals surface area contributed by atoms with E-state index in [2.05, 4.69) is 147 Å². The quantitative estimate of drug-likeness (QED) is 0.232. The molecule has 3 heteroatoms. The zero-order valence-corrected chi connectivity index (χ0v) is 27.6. The summed E-state index contributed by atoms with van der Waals surface area (Å²) in [6, 6.07) is 41.2. The second-order valence-electron chi connectivity index (χ2n) is 10.4. The third-order valence-electron chi connectivity index (χ3n) is 7.31. The van der Waals surface area contributed by atoms with Crippen LogP contribution < -0.4 is 24.8 Å². The molecule has 0 radical (unpaired) electrons. The predicted octanol–water partition coefficient (Wildman–Crippen LogP) is 4.21. The number of benzene rings is 5. The van der Waals surface area contributed by atoms with Crippen LogP contribution in [0, 0.1) is 6.08 Å². The summed E-state index contributed by atoms with van der Waals surface area (Å²) >= 11 is 1.55. The smallest absolute Gasteiger partial charge is 0.0186 e. The number of fused-ring (bicyclic) bond motifs is 7. The number of halogens is 2. The van der Waals surface area contributed by atoms with Crippen LogP contribution in [0.4, 0.5) is 0 Å². The molecule has 206 valence electrons. The van der Waals surface area contributed by atoms with Gasteiger partial charge in [-0.15, -0.1) is 46.2 Å². The first-order valence-corrected chi connectivity index (χ1v) is 15.0. The fourth-order valence-corrected chi connectivity index (χ4v) is 5.57. The fourth-order valence-electron chi connectivity index (χ4n) is 5.57. The number of allylic oxidation sites excluding steroid dienone is 6. The second-order valence-corrected chi connectivity index (χ2v) is 12.9. The fraction of sp³-hybridized carbons (Fsp3) is 0.0769. The Kier molecular flexibility index (Phi) is 10.8. The van der Waals surface area contributed by atoms with Gasteiger partial charge in [-0.25, -0.2) is 0 Å². The van der Waals surface area contributed by atoms with Crippen LogP contribution in [0.2, 0.25) is 0 Å². The standard InChI is InChI=1S/C19H13.C17H11.C3H6.2ClH.Zr/c1-2-8-16-13-17(12-15(16)7-1)19-11-5-9-14-6-3-4-10-18(14)19;1-2-6-15-12(4-1)8-10-14-11-9-13-5-3-7-16(13)17(14)15;1-3-2;;;/h1-13H;1-4,6-10H,11H2;1-2H3;2*1H;/q2*-1;;;;+2/p-2. The van der Waals surface area contributed by atoms with Crippen molar-refractivity contribution in [2.24, 2.45) is 0 Å². The Morgan fingerprint density at radius 3 is 2.07 bits per heavy atom. The maximum atomic E-state index is 3.31. The molecule has 8 rings (SSSR count). The molecular formula is C39H30Cl2Zr-2. The third-order valence-corrected chi connectivity index (χ3v) is 7.31. The SMILES string of the molecule is C[C](C)=[Zr+2].[C-]1=CC=C2C1=CCc1ccc3ccccc3c12.[Cl-].[Cl-].c1ccc2[cH-]c(-c3cccc4ccccc34)cc2c1. The molecule has 0 aromatic heterocycles. The molecule has 0 saturated carbocycles. The minimum Gasteiger partial charge on any atom is -1.00 e. The van der Waals surface area contributed by atoms with Crippen LogP contribution in [0.1, 0.15) is 25.0 Å². The number of rotatable bonds is 1. The van der Waals surface area contributed by atoms with E-state index in [1.165, 1.54) is 68.9 Å². The Balaban J connectivity index is 0.000000165. The molecule has 0 unspecified atom stereocenters. The van der Waals surface area contributed by atoms with E-state index in [-0.39, 0.29) is 24.8 Å². The van der Waals surface area contributed by atoms with Crippen molar-refractivity contribution in [1.29, 1.82) is 0 Å². The molecule has 0 heterocycles. The molecule has 0 aliphatic heterocycles. The maximum Gasteiger partial charge on any atom is -0.0186 e. The molecule has 6 aromatic carbocycles. The molecule has 2 aliphatic rings. The van der Waals surface area contributed by atoms with Gasteiger partial charge in [0, 0.05) is 0 Å². The Morgan fingerprint density at radius 2 is 1.33 bits per heavy atom. The van der Waals surface area contributed by atoms with Crippen LogP contribution in [0.25, 0.3) is 49.0 Å². The van der Waals surface area contributed by atoms with Crippen LogP contribution in [-0.4, -0.2) is 3.21 Å². The molecule has 0 amide bonds. The molecule has 0 atom stereocenters. The van der Waals surface area contributed by atoms with Gasteiger partial charge >= 0.3 is 41.3 Å². The summed E-state index contributed by atoms with van der Waals surface area (Å²) in [5.74, 6) is 0. The Labute approximate surface area is 276 Å². The van der Waals surface area contributed by atoms with E-state index in [4.69, 9.17) is 0 Å². The largest absolute Gasteiger partial charge is 1.00 e. The molecule has 0 saturated heterocycles. The van der Waals surface area contributed by atoms with Crippen molar-refractivity contribution in [3.05, 3.63) is 156 Å². The summed E-state index contributed by atoms with van der Waals surface area (Å²) in [5, 5.41) is 7.92. The summed E-state index contributed by atoms with van der Waals surface area (Å²) < 4.78 is 1.51. The normalized spacial score (nSPS) is 12.4. The van der Waals surface area contributed by atoms with Crippen molar-refractivity contribution >= 4 is 41.1 Å². The topological polar surface area (TPSA) is 0 Å². The van der Waals surface area contributed by atoms with Gasteiger partial charge in [-0.05, 0) is 28.0 Å². The van der Waals surface area contributed by atoms with Crippen molar-refractivity contribution in [3.8, 4) is 11.1 Å². The van der Waals surface area contributed by atoms with Crippen LogP contribution in [-0.2, 0) is 30.7 Å². The van der Waals surface area contributed by atoms with Crippen molar-refractivity contribution in [2.45, 2.75) is 20.3 Å². The Hall–Kier alpha value is -3.22. The van der Waals surface area contributed by atoms with Gasteiger partial charge < -0.3 is 24.8 Å². The van der Waals surface area contributed by atoms with E-state index < -0.39 is 0 Å². The minimum atomic E-state index is 0. The minimum absolute atomic E-state index is 0. The van der Waals surface area contributed by atoms with E-state index in [0.717, 1.165) is 6.42 Å². The Bertz CT molecular complexity index is 1930. The van der Waals surface area contributed by atoms with Gasteiger partial charge in [0.1, 0.15) is 0 Å². The van der Waals surface area contributed by atoms with Gasteiger partial charge in [0.15, 0.2) is 0 Å². The average molecular weight is 661 g/mol. The van der Waals surface area contributed by atoms with Gasteiger partial charge in [-0.3, -0.25) is 0 Å². The van der Waals surface area contributed by atoms with Crippen molar-refractivity contribution in [1.82, 2.24) is 0 Å². The first kappa shape index (κ1) is 31.7.